The lowest BCUT2D eigenvalue weighted by Gasteiger charge is -2.25. The summed E-state index contributed by atoms with van der Waals surface area (Å²) in [5, 5.41) is 1.33. The van der Waals surface area contributed by atoms with E-state index in [9.17, 15) is 9.59 Å². The van der Waals surface area contributed by atoms with E-state index >= 15 is 0 Å². The van der Waals surface area contributed by atoms with Gasteiger partial charge >= 0.3 is 5.97 Å². The van der Waals surface area contributed by atoms with Gasteiger partial charge in [-0.05, 0) is 42.3 Å². The molecule has 3 aromatic rings. The molecular formula is C24H19Cl3N2O4S. The molecule has 0 radical (unpaired) electrons. The van der Waals surface area contributed by atoms with Gasteiger partial charge in [0.25, 0.3) is 5.56 Å². The van der Waals surface area contributed by atoms with Gasteiger partial charge in [-0.15, -0.1) is 0 Å². The van der Waals surface area contributed by atoms with E-state index in [0.29, 0.717) is 41.2 Å². The van der Waals surface area contributed by atoms with Crippen LogP contribution in [0.2, 0.25) is 15.1 Å². The van der Waals surface area contributed by atoms with Gasteiger partial charge in [-0.3, -0.25) is 9.36 Å². The van der Waals surface area contributed by atoms with E-state index in [2.05, 4.69) is 4.99 Å². The van der Waals surface area contributed by atoms with Gasteiger partial charge in [0.15, 0.2) is 4.80 Å². The van der Waals surface area contributed by atoms with Crippen LogP contribution in [0.5, 0.6) is 0 Å². The predicted molar refractivity (Wildman–Crippen MR) is 135 cm³/mol. The van der Waals surface area contributed by atoms with E-state index in [1.54, 1.807) is 55.5 Å². The lowest BCUT2D eigenvalue weighted by atomic mass is 9.96. The van der Waals surface area contributed by atoms with Crippen molar-refractivity contribution in [2.24, 2.45) is 4.99 Å². The smallest absolute Gasteiger partial charge is 0.338 e. The third-order valence-electron chi connectivity index (χ3n) is 5.21. The molecule has 1 atom stereocenters. The number of thiazole rings is 1. The molecule has 2 aromatic carbocycles. The first kappa shape index (κ1) is 24.7. The summed E-state index contributed by atoms with van der Waals surface area (Å²) in [5.74, 6) is -0.585. The van der Waals surface area contributed by atoms with E-state index in [1.165, 1.54) is 23.0 Å². The lowest BCUT2D eigenvalue weighted by Crippen LogP contribution is -2.40. The Morgan fingerprint density at radius 2 is 1.91 bits per heavy atom. The third-order valence-corrected chi connectivity index (χ3v) is 7.10. The number of esters is 1. The van der Waals surface area contributed by atoms with E-state index < -0.39 is 12.0 Å². The average Bonchev–Trinajstić information content (AvgIpc) is 3.10. The maximum absolute atomic E-state index is 13.6. The fraction of sp³-hybridized carbons (Fsp3) is 0.208. The Kier molecular flexibility index (Phi) is 7.60. The van der Waals surface area contributed by atoms with Crippen molar-refractivity contribution in [1.29, 1.82) is 0 Å². The van der Waals surface area contributed by atoms with Crippen molar-refractivity contribution >= 4 is 58.2 Å². The normalized spacial score (nSPS) is 15.8. The van der Waals surface area contributed by atoms with E-state index in [1.807, 2.05) is 0 Å². The summed E-state index contributed by atoms with van der Waals surface area (Å²) in [5.41, 5.74) is 1.60. The number of allylic oxidation sites excluding steroid dienone is 1. The number of carbonyl (C=O) groups is 1. The molecular weight excluding hydrogens is 519 g/mol. The minimum absolute atomic E-state index is 0.0703. The lowest BCUT2D eigenvalue weighted by molar-refractivity contribution is -0.140. The predicted octanol–water partition coefficient (Wildman–Crippen LogP) is 4.39. The maximum Gasteiger partial charge on any atom is 0.338 e. The Labute approximate surface area is 214 Å². The molecule has 4 rings (SSSR count). The maximum atomic E-state index is 13.6. The van der Waals surface area contributed by atoms with Gasteiger partial charge in [0.1, 0.15) is 12.6 Å². The summed E-state index contributed by atoms with van der Waals surface area (Å²) in [6.07, 6.45) is 1.68. The summed E-state index contributed by atoms with van der Waals surface area (Å²) in [7, 11) is 1.52. The quantitative estimate of drug-likeness (QED) is 0.346. The van der Waals surface area contributed by atoms with Crippen molar-refractivity contribution in [1.82, 2.24) is 4.57 Å². The first-order valence-corrected chi connectivity index (χ1v) is 12.1. The molecule has 1 aliphatic rings. The molecule has 0 N–H and O–H groups in total. The SMILES string of the molecule is COCCOC(=O)C1=C(C)N=c2s/c(=C\c3ccc(Cl)cc3Cl)c(=O)n2C1c1ccccc1Cl. The topological polar surface area (TPSA) is 69.9 Å². The number of methoxy groups -OCH3 is 1. The zero-order valence-electron chi connectivity index (χ0n) is 18.2. The molecule has 1 aliphatic heterocycles. The Morgan fingerprint density at radius 1 is 1.15 bits per heavy atom. The Hall–Kier alpha value is -2.42. The van der Waals surface area contributed by atoms with Crippen LogP contribution in [-0.4, -0.2) is 30.9 Å². The van der Waals surface area contributed by atoms with Crippen LogP contribution >= 0.6 is 46.1 Å². The van der Waals surface area contributed by atoms with Gasteiger partial charge in [-0.2, -0.15) is 0 Å². The highest BCUT2D eigenvalue weighted by atomic mass is 35.5. The van der Waals surface area contributed by atoms with Crippen molar-refractivity contribution in [3.8, 4) is 0 Å². The second-order valence-corrected chi connectivity index (χ2v) is 9.66. The van der Waals surface area contributed by atoms with Gasteiger partial charge < -0.3 is 9.47 Å². The van der Waals surface area contributed by atoms with Crippen LogP contribution in [0.25, 0.3) is 6.08 Å². The molecule has 0 aliphatic carbocycles. The minimum Gasteiger partial charge on any atom is -0.460 e. The summed E-state index contributed by atoms with van der Waals surface area (Å²) >= 11 is 20.0. The highest BCUT2D eigenvalue weighted by molar-refractivity contribution is 7.07. The standard InChI is InChI=1S/C24H19Cl3N2O4S/c1-13-20(23(31)33-10-9-32-2)21(16-5-3-4-6-17(16)26)29-22(30)19(34-24(29)28-13)11-14-7-8-15(25)12-18(14)27/h3-8,11-12,21H,9-10H2,1-2H3/b19-11-. The van der Waals surface area contributed by atoms with Crippen LogP contribution in [0.1, 0.15) is 24.1 Å². The van der Waals surface area contributed by atoms with Crippen LogP contribution in [0.4, 0.5) is 0 Å². The van der Waals surface area contributed by atoms with Crippen LogP contribution in [-0.2, 0) is 14.3 Å². The molecule has 0 saturated heterocycles. The van der Waals surface area contributed by atoms with Crippen LogP contribution < -0.4 is 14.9 Å². The molecule has 0 spiro atoms. The van der Waals surface area contributed by atoms with Gasteiger partial charge in [-0.1, -0.05) is 70.4 Å². The van der Waals surface area contributed by atoms with E-state index in [0.717, 1.165) is 0 Å². The zero-order chi connectivity index (χ0) is 24.4. The van der Waals surface area contributed by atoms with Gasteiger partial charge in [0.05, 0.1) is 22.4 Å². The van der Waals surface area contributed by atoms with Gasteiger partial charge in [-0.25, -0.2) is 9.79 Å². The van der Waals surface area contributed by atoms with Crippen LogP contribution in [0, 0.1) is 0 Å². The zero-order valence-corrected chi connectivity index (χ0v) is 21.3. The molecule has 1 unspecified atom stereocenters. The van der Waals surface area contributed by atoms with Crippen molar-refractivity contribution < 1.29 is 14.3 Å². The summed E-state index contributed by atoms with van der Waals surface area (Å²) in [4.78, 5) is 31.7. The van der Waals surface area contributed by atoms with Crippen molar-refractivity contribution in [3.63, 3.8) is 0 Å². The molecule has 0 fully saturated rings. The van der Waals surface area contributed by atoms with E-state index in [4.69, 9.17) is 44.3 Å². The number of aromatic nitrogens is 1. The second kappa shape index (κ2) is 10.5. The van der Waals surface area contributed by atoms with Gasteiger partial charge in [0.2, 0.25) is 0 Å². The Morgan fingerprint density at radius 3 is 2.62 bits per heavy atom. The number of halogens is 3. The van der Waals surface area contributed by atoms with Gasteiger partial charge in [0, 0.05) is 22.2 Å². The largest absolute Gasteiger partial charge is 0.460 e. The summed E-state index contributed by atoms with van der Waals surface area (Å²) in [6, 6.07) is 11.3. The second-order valence-electron chi connectivity index (χ2n) is 7.40. The molecule has 0 saturated carbocycles. The van der Waals surface area contributed by atoms with Crippen molar-refractivity contribution in [2.45, 2.75) is 13.0 Å². The van der Waals surface area contributed by atoms with Crippen LogP contribution in [0.3, 0.4) is 0 Å². The molecule has 34 heavy (non-hydrogen) atoms. The Bertz CT molecular complexity index is 1480. The number of ether oxygens (including phenoxy) is 2. The average molecular weight is 538 g/mol. The van der Waals surface area contributed by atoms with Crippen molar-refractivity contribution in [3.05, 3.63) is 99.6 Å². The fourth-order valence-corrected chi connectivity index (χ4v) is 5.37. The molecule has 10 heteroatoms. The minimum atomic E-state index is -0.803. The van der Waals surface area contributed by atoms with E-state index in [-0.39, 0.29) is 24.3 Å². The summed E-state index contributed by atoms with van der Waals surface area (Å²) < 4.78 is 12.2. The molecule has 0 bridgehead atoms. The Balaban J connectivity index is 1.92. The highest BCUT2D eigenvalue weighted by Gasteiger charge is 2.34. The summed E-state index contributed by atoms with van der Waals surface area (Å²) in [6.45, 7) is 2.03. The third kappa shape index (κ3) is 4.85. The number of rotatable bonds is 6. The monoisotopic (exact) mass is 536 g/mol. The number of benzene rings is 2. The van der Waals surface area contributed by atoms with Crippen LogP contribution in [0.15, 0.2) is 63.5 Å². The molecule has 6 nitrogen and oxygen atoms in total. The number of hydrogen-bond acceptors (Lipinski definition) is 6. The number of hydrogen-bond donors (Lipinski definition) is 0. The molecule has 1 aromatic heterocycles. The molecule has 0 amide bonds. The first-order valence-electron chi connectivity index (χ1n) is 10.2. The highest BCUT2D eigenvalue weighted by Crippen LogP contribution is 2.34. The molecule has 176 valence electrons. The molecule has 2 heterocycles. The fourth-order valence-electron chi connectivity index (χ4n) is 3.63. The number of carbonyl (C=O) groups excluding carboxylic acids is 1. The number of fused-ring (bicyclic) bond motifs is 1. The van der Waals surface area contributed by atoms with Crippen molar-refractivity contribution in [2.75, 3.05) is 20.3 Å². The first-order chi connectivity index (χ1) is 16.3. The number of nitrogens with zero attached hydrogens (tertiary/aromatic N) is 2.